The van der Waals surface area contributed by atoms with Gasteiger partial charge in [0.25, 0.3) is 10.0 Å². The molecule has 1 heterocycles. The third kappa shape index (κ3) is 4.27. The van der Waals surface area contributed by atoms with Gasteiger partial charge in [0.05, 0.1) is 10.6 Å². The fraction of sp³-hybridized carbons (Fsp3) is 0. The summed E-state index contributed by atoms with van der Waals surface area (Å²) in [5.74, 6) is -0.0145. The van der Waals surface area contributed by atoms with Crippen LogP contribution < -0.4 is 0 Å². The van der Waals surface area contributed by atoms with Gasteiger partial charge in [-0.05, 0) is 48.1 Å². The Morgan fingerprint density at radius 3 is 2.27 bits per heavy atom. The summed E-state index contributed by atoms with van der Waals surface area (Å²) >= 11 is 0. The Bertz CT molecular complexity index is 992. The molecule has 1 aromatic carbocycles. The molecule has 1 aromatic rings. The molecule has 0 aromatic heterocycles. The van der Waals surface area contributed by atoms with Gasteiger partial charge >= 0.3 is 0 Å². The SMILES string of the molecule is O=S(=O)(N=C1C=CC=CC1=CC=C1C=CN(O)C=C1)c1ccc(O)cc1. The van der Waals surface area contributed by atoms with E-state index >= 15 is 0 Å². The van der Waals surface area contributed by atoms with Crippen LogP contribution in [0, 0.1) is 0 Å². The lowest BCUT2D eigenvalue weighted by Gasteiger charge is -2.10. The highest BCUT2D eigenvalue weighted by atomic mass is 32.2. The van der Waals surface area contributed by atoms with Crippen molar-refractivity contribution in [3.05, 3.63) is 96.4 Å². The average Bonchev–Trinajstić information content (AvgIpc) is 2.62. The van der Waals surface area contributed by atoms with E-state index in [1.807, 2.05) is 0 Å². The quantitative estimate of drug-likeness (QED) is 0.855. The molecular weight excluding hydrogens is 352 g/mol. The summed E-state index contributed by atoms with van der Waals surface area (Å²) in [6.07, 6.45) is 16.8. The molecule has 1 aliphatic carbocycles. The van der Waals surface area contributed by atoms with Gasteiger partial charge in [-0.2, -0.15) is 12.8 Å². The van der Waals surface area contributed by atoms with E-state index in [1.54, 1.807) is 48.6 Å². The van der Waals surface area contributed by atoms with Crippen molar-refractivity contribution < 1.29 is 18.7 Å². The number of hydrogen-bond donors (Lipinski definition) is 2. The molecule has 132 valence electrons. The van der Waals surface area contributed by atoms with E-state index in [9.17, 15) is 18.7 Å². The lowest BCUT2D eigenvalue weighted by molar-refractivity contribution is 0.0105. The van der Waals surface area contributed by atoms with Crippen LogP contribution in [0.15, 0.2) is 106 Å². The highest BCUT2D eigenvalue weighted by molar-refractivity contribution is 7.90. The van der Waals surface area contributed by atoms with E-state index in [0.717, 1.165) is 10.6 Å². The first-order valence-electron chi connectivity index (χ1n) is 7.69. The highest BCUT2D eigenvalue weighted by Crippen LogP contribution is 2.19. The number of sulfonamides is 1. The van der Waals surface area contributed by atoms with E-state index in [0.29, 0.717) is 11.3 Å². The molecule has 0 atom stereocenters. The van der Waals surface area contributed by atoms with Gasteiger partial charge in [-0.3, -0.25) is 5.21 Å². The zero-order valence-electron chi connectivity index (χ0n) is 13.6. The van der Waals surface area contributed by atoms with Crippen molar-refractivity contribution in [2.24, 2.45) is 4.40 Å². The first-order valence-corrected chi connectivity index (χ1v) is 9.13. The predicted molar refractivity (Wildman–Crippen MR) is 99.1 cm³/mol. The van der Waals surface area contributed by atoms with Crippen molar-refractivity contribution in [3.63, 3.8) is 0 Å². The molecule has 0 saturated heterocycles. The fourth-order valence-corrected chi connectivity index (χ4v) is 3.25. The molecule has 2 N–H and O–H groups in total. The van der Waals surface area contributed by atoms with Crippen LogP contribution in [0.3, 0.4) is 0 Å². The topological polar surface area (TPSA) is 90.2 Å². The second-order valence-electron chi connectivity index (χ2n) is 5.46. The van der Waals surface area contributed by atoms with Gasteiger partial charge in [-0.15, -0.1) is 0 Å². The van der Waals surface area contributed by atoms with E-state index in [-0.39, 0.29) is 10.6 Å². The molecule has 2 aliphatic rings. The molecule has 0 amide bonds. The molecule has 3 rings (SSSR count). The van der Waals surface area contributed by atoms with Gasteiger partial charge < -0.3 is 5.11 Å². The zero-order chi connectivity index (χ0) is 18.6. The third-order valence-corrected chi connectivity index (χ3v) is 4.89. The van der Waals surface area contributed by atoms with Gasteiger partial charge in [0.2, 0.25) is 0 Å². The van der Waals surface area contributed by atoms with Gasteiger partial charge in [0.1, 0.15) is 5.75 Å². The Morgan fingerprint density at radius 2 is 1.58 bits per heavy atom. The van der Waals surface area contributed by atoms with Crippen LogP contribution in [0.1, 0.15) is 0 Å². The molecule has 7 heteroatoms. The highest BCUT2D eigenvalue weighted by Gasteiger charge is 2.15. The second-order valence-corrected chi connectivity index (χ2v) is 7.07. The first kappa shape index (κ1) is 17.7. The van der Waals surface area contributed by atoms with Gasteiger partial charge in [-0.1, -0.05) is 30.4 Å². The molecule has 0 spiro atoms. The first-order chi connectivity index (χ1) is 12.4. The van der Waals surface area contributed by atoms with Crippen molar-refractivity contribution in [1.29, 1.82) is 0 Å². The third-order valence-electron chi connectivity index (χ3n) is 3.58. The molecule has 0 saturated carbocycles. The second kappa shape index (κ2) is 7.38. The standard InChI is InChI=1S/C19H16N2O4S/c22-17-7-9-18(10-8-17)26(24,25)20-19-4-2-1-3-16(19)6-5-15-11-13-21(23)14-12-15/h1-14,22-23H. The zero-order valence-corrected chi connectivity index (χ0v) is 14.4. The average molecular weight is 368 g/mol. The number of rotatable bonds is 3. The van der Waals surface area contributed by atoms with Crippen LogP contribution in [-0.2, 0) is 10.0 Å². The van der Waals surface area contributed by atoms with E-state index < -0.39 is 10.0 Å². The maximum atomic E-state index is 12.5. The van der Waals surface area contributed by atoms with Crippen molar-refractivity contribution >= 4 is 15.7 Å². The minimum Gasteiger partial charge on any atom is -0.508 e. The number of phenolic OH excluding ortho intramolecular Hbond substituents is 1. The van der Waals surface area contributed by atoms with E-state index in [2.05, 4.69) is 4.40 Å². The number of hydrogen-bond acceptors (Lipinski definition) is 5. The molecule has 26 heavy (non-hydrogen) atoms. The Morgan fingerprint density at radius 1 is 0.923 bits per heavy atom. The largest absolute Gasteiger partial charge is 0.508 e. The summed E-state index contributed by atoms with van der Waals surface area (Å²) in [5.41, 5.74) is 1.78. The van der Waals surface area contributed by atoms with Crippen molar-refractivity contribution in [1.82, 2.24) is 5.06 Å². The smallest absolute Gasteiger partial charge is 0.282 e. The van der Waals surface area contributed by atoms with Crippen LogP contribution in [0.25, 0.3) is 0 Å². The summed E-state index contributed by atoms with van der Waals surface area (Å²) in [6.45, 7) is 0. The van der Waals surface area contributed by atoms with E-state index in [4.69, 9.17) is 0 Å². The lowest BCUT2D eigenvalue weighted by Crippen LogP contribution is -2.06. The van der Waals surface area contributed by atoms with E-state index in [1.165, 1.54) is 36.7 Å². The Kier molecular flexibility index (Phi) is 5.01. The molecule has 1 aliphatic heterocycles. The predicted octanol–water partition coefficient (Wildman–Crippen LogP) is 3.23. The summed E-state index contributed by atoms with van der Waals surface area (Å²) in [4.78, 5) is 0.00430. The Labute approximate surface area is 151 Å². The molecule has 0 bridgehead atoms. The molecule has 6 nitrogen and oxygen atoms in total. The minimum absolute atomic E-state index is 0.00430. The number of hydroxylamine groups is 2. The summed E-state index contributed by atoms with van der Waals surface area (Å²) in [6, 6.07) is 5.22. The maximum absolute atomic E-state index is 12.5. The number of allylic oxidation sites excluding steroid dienone is 10. The van der Waals surface area contributed by atoms with Crippen molar-refractivity contribution in [2.45, 2.75) is 4.90 Å². The van der Waals surface area contributed by atoms with Crippen LogP contribution in [0.2, 0.25) is 0 Å². The Balaban J connectivity index is 1.92. The molecule has 0 radical (unpaired) electrons. The minimum atomic E-state index is -3.90. The maximum Gasteiger partial charge on any atom is 0.282 e. The normalized spacial score (nSPS) is 19.6. The lowest BCUT2D eigenvalue weighted by atomic mass is 10.0. The summed E-state index contributed by atoms with van der Waals surface area (Å²) in [7, 11) is -3.90. The van der Waals surface area contributed by atoms with Crippen LogP contribution in [0.4, 0.5) is 0 Å². The van der Waals surface area contributed by atoms with Crippen molar-refractivity contribution in [2.75, 3.05) is 0 Å². The van der Waals surface area contributed by atoms with Gasteiger partial charge in [-0.25, -0.2) is 5.06 Å². The number of phenols is 1. The summed E-state index contributed by atoms with van der Waals surface area (Å²) < 4.78 is 28.9. The Hall–Kier alpha value is -3.16. The van der Waals surface area contributed by atoms with Crippen molar-refractivity contribution in [3.8, 4) is 5.75 Å². The number of aromatic hydroxyl groups is 1. The van der Waals surface area contributed by atoms with Crippen LogP contribution in [-0.4, -0.2) is 29.5 Å². The van der Waals surface area contributed by atoms with Crippen LogP contribution >= 0.6 is 0 Å². The van der Waals surface area contributed by atoms with Gasteiger partial charge in [0.15, 0.2) is 0 Å². The number of benzene rings is 1. The number of nitrogens with zero attached hydrogens (tertiary/aromatic N) is 2. The van der Waals surface area contributed by atoms with Crippen LogP contribution in [0.5, 0.6) is 5.75 Å². The monoisotopic (exact) mass is 368 g/mol. The molecular formula is C19H16N2O4S. The molecule has 0 fully saturated rings. The molecule has 0 unspecified atom stereocenters. The summed E-state index contributed by atoms with van der Waals surface area (Å²) in [5, 5.41) is 19.5. The fourth-order valence-electron chi connectivity index (χ4n) is 2.24. The van der Waals surface area contributed by atoms with Gasteiger partial charge in [0, 0.05) is 18.0 Å².